The Bertz CT molecular complexity index is 1040. The fourth-order valence-corrected chi connectivity index (χ4v) is 4.95. The van der Waals surface area contributed by atoms with E-state index in [0.29, 0.717) is 17.7 Å². The number of aryl methyl sites for hydroxylation is 1. The zero-order valence-electron chi connectivity index (χ0n) is 17.0. The Kier molecular flexibility index (Phi) is 4.82. The van der Waals surface area contributed by atoms with Gasteiger partial charge in [-0.25, -0.2) is 0 Å². The highest BCUT2D eigenvalue weighted by Crippen LogP contribution is 2.41. The van der Waals surface area contributed by atoms with E-state index in [9.17, 15) is 4.79 Å². The topological polar surface area (TPSA) is 52.7 Å². The van der Waals surface area contributed by atoms with Crippen LogP contribution in [0.25, 0.3) is 0 Å². The van der Waals surface area contributed by atoms with Crippen LogP contribution in [0.2, 0.25) is 0 Å². The summed E-state index contributed by atoms with van der Waals surface area (Å²) in [6, 6.07) is 13.1. The summed E-state index contributed by atoms with van der Waals surface area (Å²) in [5, 5.41) is 9.76. The first-order valence-corrected chi connectivity index (χ1v) is 11.4. The number of Topliss-reactive ketones (excluding diaryl/α,β-unsaturated/α-hetero) is 1. The van der Waals surface area contributed by atoms with E-state index in [-0.39, 0.29) is 5.78 Å². The molecule has 0 radical (unpaired) electrons. The lowest BCUT2D eigenvalue weighted by Crippen LogP contribution is -2.09. The molecule has 2 aliphatic carbocycles. The predicted octanol–water partition coefficient (Wildman–Crippen LogP) is 4.93. The maximum absolute atomic E-state index is 13.0. The smallest absolute Gasteiger partial charge is 0.191 e. The average Bonchev–Trinajstić information content (AvgIpc) is 3.65. The van der Waals surface area contributed by atoms with Crippen molar-refractivity contribution in [1.29, 1.82) is 0 Å². The van der Waals surface area contributed by atoms with Crippen LogP contribution in [-0.4, -0.2) is 30.9 Å². The molecule has 0 atom stereocenters. The second-order valence-corrected chi connectivity index (χ2v) is 9.23. The second kappa shape index (κ2) is 7.48. The van der Waals surface area contributed by atoms with Crippen molar-refractivity contribution in [3.63, 3.8) is 0 Å². The van der Waals surface area contributed by atoms with Gasteiger partial charge in [0.25, 0.3) is 0 Å². The molecular weight excluding hydrogens is 380 g/mol. The van der Waals surface area contributed by atoms with E-state index < -0.39 is 0 Å². The van der Waals surface area contributed by atoms with Crippen LogP contribution in [0.1, 0.15) is 70.8 Å². The molecule has 0 aliphatic heterocycles. The monoisotopic (exact) mass is 406 g/mol. The molecule has 5 rings (SSSR count). The fraction of sp³-hybridized carbons (Fsp3) is 0.435. The van der Waals surface area contributed by atoms with Gasteiger partial charge in [-0.05, 0) is 51.2 Å². The highest BCUT2D eigenvalue weighted by atomic mass is 32.2. The maximum atomic E-state index is 13.0. The molecule has 2 heterocycles. The number of nitrogens with zero attached hydrogens (tertiary/aromatic N) is 4. The van der Waals surface area contributed by atoms with Crippen molar-refractivity contribution in [3.8, 4) is 0 Å². The molecule has 1 aromatic carbocycles. The summed E-state index contributed by atoms with van der Waals surface area (Å²) in [5.74, 6) is 2.16. The summed E-state index contributed by atoms with van der Waals surface area (Å²) >= 11 is 1.51. The van der Waals surface area contributed by atoms with E-state index in [1.165, 1.54) is 48.7 Å². The number of carbonyl (C=O) groups excluding carboxylic acids is 1. The Balaban J connectivity index is 1.34. The summed E-state index contributed by atoms with van der Waals surface area (Å²) < 4.78 is 4.54. The first kappa shape index (κ1) is 18.7. The molecule has 5 nitrogen and oxygen atoms in total. The molecule has 6 heteroatoms. The number of hydrogen-bond donors (Lipinski definition) is 0. The fourth-order valence-electron chi connectivity index (χ4n) is 4.13. The maximum Gasteiger partial charge on any atom is 0.191 e. The van der Waals surface area contributed by atoms with Crippen molar-refractivity contribution in [2.24, 2.45) is 0 Å². The van der Waals surface area contributed by atoms with E-state index in [1.807, 2.05) is 6.07 Å². The van der Waals surface area contributed by atoms with Gasteiger partial charge in [-0.3, -0.25) is 4.79 Å². The summed E-state index contributed by atoms with van der Waals surface area (Å²) in [6.45, 7) is 4.94. The second-order valence-electron chi connectivity index (χ2n) is 8.28. The van der Waals surface area contributed by atoms with Crippen LogP contribution in [0.4, 0.5) is 0 Å². The van der Waals surface area contributed by atoms with Gasteiger partial charge in [0.1, 0.15) is 5.82 Å². The minimum absolute atomic E-state index is 0.178. The Labute approximate surface area is 175 Å². The third-order valence-corrected chi connectivity index (χ3v) is 6.87. The molecule has 0 amide bonds. The molecule has 150 valence electrons. The van der Waals surface area contributed by atoms with Gasteiger partial charge >= 0.3 is 0 Å². The van der Waals surface area contributed by atoms with Crippen LogP contribution in [-0.2, 0) is 6.54 Å². The third kappa shape index (κ3) is 3.78. The van der Waals surface area contributed by atoms with Crippen LogP contribution >= 0.6 is 11.8 Å². The number of hydrogen-bond acceptors (Lipinski definition) is 4. The van der Waals surface area contributed by atoms with Crippen LogP contribution in [0, 0.1) is 13.8 Å². The quantitative estimate of drug-likeness (QED) is 0.393. The van der Waals surface area contributed by atoms with Gasteiger partial charge in [-0.2, -0.15) is 0 Å². The molecule has 2 aromatic heterocycles. The van der Waals surface area contributed by atoms with Crippen molar-refractivity contribution in [2.45, 2.75) is 63.2 Å². The lowest BCUT2D eigenvalue weighted by Gasteiger charge is -2.10. The molecule has 29 heavy (non-hydrogen) atoms. The zero-order chi connectivity index (χ0) is 20.0. The SMILES string of the molecule is Cc1cc(C(=O)CSc2nnc(C3CC3)n2Cc2ccccc2)c(C)n1C1CC1. The zero-order valence-corrected chi connectivity index (χ0v) is 17.8. The van der Waals surface area contributed by atoms with Crippen molar-refractivity contribution >= 4 is 17.5 Å². The number of thioether (sulfide) groups is 1. The van der Waals surface area contributed by atoms with Crippen LogP contribution in [0.15, 0.2) is 41.6 Å². The molecule has 0 bridgehead atoms. The number of ketones is 1. The largest absolute Gasteiger partial charge is 0.345 e. The molecule has 2 saturated carbocycles. The van der Waals surface area contributed by atoms with Crippen LogP contribution in [0.3, 0.4) is 0 Å². The average molecular weight is 407 g/mol. The molecule has 0 saturated heterocycles. The van der Waals surface area contributed by atoms with Crippen molar-refractivity contribution in [2.75, 3.05) is 5.75 Å². The van der Waals surface area contributed by atoms with E-state index in [2.05, 4.69) is 63.5 Å². The van der Waals surface area contributed by atoms with Gasteiger partial charge in [0.15, 0.2) is 10.9 Å². The molecule has 3 aromatic rings. The van der Waals surface area contributed by atoms with Gasteiger partial charge in [0.05, 0.1) is 12.3 Å². The van der Waals surface area contributed by atoms with Crippen molar-refractivity contribution < 1.29 is 4.79 Å². The number of rotatable bonds is 8. The normalized spacial score (nSPS) is 16.3. The molecule has 0 spiro atoms. The van der Waals surface area contributed by atoms with E-state index in [1.54, 1.807) is 0 Å². The summed E-state index contributed by atoms with van der Waals surface area (Å²) in [5.41, 5.74) is 4.40. The molecule has 0 N–H and O–H groups in total. The molecule has 2 fully saturated rings. The van der Waals surface area contributed by atoms with Gasteiger partial charge < -0.3 is 9.13 Å². The number of aromatic nitrogens is 4. The first-order valence-electron chi connectivity index (χ1n) is 10.4. The lowest BCUT2D eigenvalue weighted by molar-refractivity contribution is 0.102. The molecule has 0 unspecified atom stereocenters. The first-order chi connectivity index (χ1) is 14.1. The summed E-state index contributed by atoms with van der Waals surface area (Å²) in [7, 11) is 0. The Hall–Kier alpha value is -2.34. The van der Waals surface area contributed by atoms with Crippen LogP contribution in [0.5, 0.6) is 0 Å². The minimum Gasteiger partial charge on any atom is -0.345 e. The summed E-state index contributed by atoms with van der Waals surface area (Å²) in [6.07, 6.45) is 4.82. The standard InChI is InChI=1S/C23H26N4OS/c1-15-12-20(16(2)27(15)19-10-11-19)21(28)14-29-23-25-24-22(18-8-9-18)26(23)13-17-6-4-3-5-7-17/h3-7,12,18-19H,8-11,13-14H2,1-2H3. The lowest BCUT2D eigenvalue weighted by atomic mass is 10.2. The minimum atomic E-state index is 0.178. The molecule has 2 aliphatic rings. The van der Waals surface area contributed by atoms with Crippen molar-refractivity contribution in [1.82, 2.24) is 19.3 Å². The number of benzene rings is 1. The van der Waals surface area contributed by atoms with E-state index in [0.717, 1.165) is 28.8 Å². The highest BCUT2D eigenvalue weighted by Gasteiger charge is 2.31. The molecular formula is C23H26N4OS. The Morgan fingerprint density at radius 3 is 2.55 bits per heavy atom. The predicted molar refractivity (Wildman–Crippen MR) is 115 cm³/mol. The van der Waals surface area contributed by atoms with Gasteiger partial charge in [0, 0.05) is 28.9 Å². The number of carbonyl (C=O) groups is 1. The van der Waals surface area contributed by atoms with Crippen molar-refractivity contribution in [3.05, 3.63) is 64.7 Å². The van der Waals surface area contributed by atoms with E-state index in [4.69, 9.17) is 0 Å². The van der Waals surface area contributed by atoms with Gasteiger partial charge in [0.2, 0.25) is 0 Å². The van der Waals surface area contributed by atoms with Gasteiger partial charge in [-0.15, -0.1) is 10.2 Å². The van der Waals surface area contributed by atoms with Crippen LogP contribution < -0.4 is 0 Å². The summed E-state index contributed by atoms with van der Waals surface area (Å²) in [4.78, 5) is 13.0. The Morgan fingerprint density at radius 2 is 1.86 bits per heavy atom. The Morgan fingerprint density at radius 1 is 1.10 bits per heavy atom. The van der Waals surface area contributed by atoms with E-state index >= 15 is 0 Å². The van der Waals surface area contributed by atoms with Gasteiger partial charge in [-0.1, -0.05) is 42.1 Å². The highest BCUT2D eigenvalue weighted by molar-refractivity contribution is 7.99. The third-order valence-electron chi connectivity index (χ3n) is 5.90.